The summed E-state index contributed by atoms with van der Waals surface area (Å²) in [4.78, 5) is 11.3. The number of thiophene rings is 1. The van der Waals surface area contributed by atoms with Crippen molar-refractivity contribution in [2.24, 2.45) is 0 Å². The molecule has 0 saturated heterocycles. The van der Waals surface area contributed by atoms with Gasteiger partial charge in [-0.05, 0) is 15.9 Å². The van der Waals surface area contributed by atoms with Crippen LogP contribution >= 0.6 is 27.3 Å². The minimum atomic E-state index is -0.0931. The smallest absolute Gasteiger partial charge is 0.204 e. The van der Waals surface area contributed by atoms with Crippen molar-refractivity contribution >= 4 is 43.4 Å². The predicted octanol–water partition coefficient (Wildman–Crippen LogP) is 2.20. The highest BCUT2D eigenvalue weighted by Gasteiger charge is 2.07. The Kier molecular flexibility index (Phi) is 1.69. The Hall–Kier alpha value is -0.810. The van der Waals surface area contributed by atoms with E-state index < -0.39 is 0 Å². The van der Waals surface area contributed by atoms with E-state index in [9.17, 15) is 4.79 Å². The van der Waals surface area contributed by atoms with Crippen LogP contribution in [0.25, 0.3) is 10.3 Å². The Morgan fingerprint density at radius 2 is 2.33 bits per heavy atom. The third-order valence-electron chi connectivity index (χ3n) is 1.42. The number of hydrogen-bond acceptors (Lipinski definition) is 4. The molecule has 0 aromatic carbocycles. The summed E-state index contributed by atoms with van der Waals surface area (Å²) in [7, 11) is 0. The first-order valence-electron chi connectivity index (χ1n) is 3.15. The van der Waals surface area contributed by atoms with Gasteiger partial charge in [-0.3, -0.25) is 4.79 Å². The third-order valence-corrected chi connectivity index (χ3v) is 3.29. The van der Waals surface area contributed by atoms with Gasteiger partial charge >= 0.3 is 0 Å². The zero-order chi connectivity index (χ0) is 8.72. The van der Waals surface area contributed by atoms with Crippen molar-refractivity contribution in [3.8, 4) is 0 Å². The van der Waals surface area contributed by atoms with Crippen LogP contribution in [0.5, 0.6) is 0 Å². The lowest BCUT2D eigenvalue weighted by Crippen LogP contribution is -1.99. The fourth-order valence-corrected chi connectivity index (χ4v) is 2.39. The second kappa shape index (κ2) is 2.60. The van der Waals surface area contributed by atoms with Gasteiger partial charge in [0.05, 0.1) is 4.47 Å². The molecule has 0 fully saturated rings. The summed E-state index contributed by atoms with van der Waals surface area (Å²) >= 11 is 4.60. The van der Waals surface area contributed by atoms with Crippen molar-refractivity contribution in [1.82, 2.24) is 0 Å². The van der Waals surface area contributed by atoms with Gasteiger partial charge in [0.15, 0.2) is 11.5 Å². The van der Waals surface area contributed by atoms with Crippen LogP contribution in [0.1, 0.15) is 0 Å². The van der Waals surface area contributed by atoms with E-state index >= 15 is 0 Å². The second-order valence-corrected chi connectivity index (χ2v) is 3.99. The molecule has 0 radical (unpaired) electrons. The molecule has 62 valence electrons. The molecule has 0 spiro atoms. The number of anilines is 1. The molecule has 0 unspecified atom stereocenters. The molecule has 2 heterocycles. The Morgan fingerprint density at radius 3 is 3.08 bits per heavy atom. The maximum atomic E-state index is 11.3. The van der Waals surface area contributed by atoms with Gasteiger partial charge in [0.2, 0.25) is 5.43 Å². The van der Waals surface area contributed by atoms with Crippen LogP contribution in [0, 0.1) is 0 Å². The van der Waals surface area contributed by atoms with Crippen LogP contribution in [-0.2, 0) is 0 Å². The van der Waals surface area contributed by atoms with E-state index in [0.717, 1.165) is 4.47 Å². The van der Waals surface area contributed by atoms with E-state index in [1.807, 2.05) is 0 Å². The average molecular weight is 246 g/mol. The fraction of sp³-hybridized carbons (Fsp3) is 0. The summed E-state index contributed by atoms with van der Waals surface area (Å²) in [5.74, 6) is 0.145. The van der Waals surface area contributed by atoms with E-state index in [1.165, 1.54) is 17.4 Å². The number of halogens is 1. The molecule has 5 heteroatoms. The van der Waals surface area contributed by atoms with E-state index in [0.29, 0.717) is 10.3 Å². The minimum absolute atomic E-state index is 0.0931. The van der Waals surface area contributed by atoms with Crippen molar-refractivity contribution in [3.05, 3.63) is 26.1 Å². The summed E-state index contributed by atoms with van der Waals surface area (Å²) in [5.41, 5.74) is 5.81. The second-order valence-electron chi connectivity index (χ2n) is 2.25. The quantitative estimate of drug-likeness (QED) is 0.775. The summed E-state index contributed by atoms with van der Waals surface area (Å²) in [6, 6.07) is 1.28. The van der Waals surface area contributed by atoms with Crippen LogP contribution in [0.4, 0.5) is 5.88 Å². The first kappa shape index (κ1) is 7.82. The van der Waals surface area contributed by atoms with Crippen LogP contribution < -0.4 is 11.2 Å². The standard InChI is InChI=1S/C7H4BrNO2S/c8-3-2-12-7-4(10)1-5(9)11-6(3)7/h1-2H,9H2. The Morgan fingerprint density at radius 1 is 1.58 bits per heavy atom. The van der Waals surface area contributed by atoms with Crippen molar-refractivity contribution in [2.45, 2.75) is 0 Å². The van der Waals surface area contributed by atoms with E-state index in [1.54, 1.807) is 5.38 Å². The Balaban J connectivity index is 3.03. The zero-order valence-electron chi connectivity index (χ0n) is 5.83. The molecule has 0 aliphatic rings. The molecule has 0 saturated carbocycles. The van der Waals surface area contributed by atoms with Gasteiger partial charge < -0.3 is 10.2 Å². The summed E-state index contributed by atoms with van der Waals surface area (Å²) in [5, 5.41) is 1.80. The SMILES string of the molecule is Nc1cc(=O)c2scc(Br)c2o1. The van der Waals surface area contributed by atoms with Crippen molar-refractivity contribution in [3.63, 3.8) is 0 Å². The maximum absolute atomic E-state index is 11.3. The highest BCUT2D eigenvalue weighted by atomic mass is 79.9. The van der Waals surface area contributed by atoms with Crippen LogP contribution in [0.3, 0.4) is 0 Å². The highest BCUT2D eigenvalue weighted by molar-refractivity contribution is 9.10. The number of nitrogens with two attached hydrogens (primary N) is 1. The minimum Gasteiger partial charge on any atom is -0.439 e. The molecule has 2 aromatic heterocycles. The Labute approximate surface area is 79.9 Å². The normalized spacial score (nSPS) is 10.8. The molecule has 2 rings (SSSR count). The molecular formula is C7H4BrNO2S. The molecule has 0 aliphatic carbocycles. The summed E-state index contributed by atoms with van der Waals surface area (Å²) in [6.45, 7) is 0. The van der Waals surface area contributed by atoms with Gasteiger partial charge in [-0.2, -0.15) is 0 Å². The number of nitrogen functional groups attached to an aromatic ring is 1. The molecule has 0 atom stereocenters. The third kappa shape index (κ3) is 1.05. The number of fused-ring (bicyclic) bond motifs is 1. The van der Waals surface area contributed by atoms with E-state index in [-0.39, 0.29) is 11.3 Å². The van der Waals surface area contributed by atoms with Crippen molar-refractivity contribution < 1.29 is 4.42 Å². The van der Waals surface area contributed by atoms with Crippen LogP contribution in [-0.4, -0.2) is 0 Å². The lowest BCUT2D eigenvalue weighted by atomic mass is 10.4. The number of rotatable bonds is 0. The van der Waals surface area contributed by atoms with Gasteiger partial charge in [0.1, 0.15) is 4.70 Å². The molecule has 0 aliphatic heterocycles. The topological polar surface area (TPSA) is 56.2 Å². The molecule has 0 bridgehead atoms. The average Bonchev–Trinajstić information content (AvgIpc) is 2.33. The van der Waals surface area contributed by atoms with Crippen molar-refractivity contribution in [2.75, 3.05) is 5.73 Å². The summed E-state index contributed by atoms with van der Waals surface area (Å²) < 4.78 is 6.52. The molecular weight excluding hydrogens is 242 g/mol. The lowest BCUT2D eigenvalue weighted by Gasteiger charge is -1.91. The monoisotopic (exact) mass is 245 g/mol. The van der Waals surface area contributed by atoms with Gasteiger partial charge in [-0.1, -0.05) is 0 Å². The van der Waals surface area contributed by atoms with Gasteiger partial charge in [-0.15, -0.1) is 11.3 Å². The molecule has 2 aromatic rings. The number of hydrogen-bond donors (Lipinski definition) is 1. The maximum Gasteiger partial charge on any atom is 0.204 e. The van der Waals surface area contributed by atoms with Gasteiger partial charge in [0, 0.05) is 11.4 Å². The van der Waals surface area contributed by atoms with Crippen LogP contribution in [0.2, 0.25) is 0 Å². The molecule has 3 nitrogen and oxygen atoms in total. The zero-order valence-corrected chi connectivity index (χ0v) is 8.24. The predicted molar refractivity (Wildman–Crippen MR) is 52.5 cm³/mol. The van der Waals surface area contributed by atoms with Gasteiger partial charge in [0.25, 0.3) is 0 Å². The van der Waals surface area contributed by atoms with E-state index in [4.69, 9.17) is 10.2 Å². The molecule has 12 heavy (non-hydrogen) atoms. The summed E-state index contributed by atoms with van der Waals surface area (Å²) in [6.07, 6.45) is 0. The van der Waals surface area contributed by atoms with Gasteiger partial charge in [-0.25, -0.2) is 0 Å². The first-order chi connectivity index (χ1) is 5.68. The van der Waals surface area contributed by atoms with Crippen LogP contribution in [0.15, 0.2) is 25.1 Å². The molecule has 0 amide bonds. The highest BCUT2D eigenvalue weighted by Crippen LogP contribution is 2.28. The largest absolute Gasteiger partial charge is 0.439 e. The van der Waals surface area contributed by atoms with E-state index in [2.05, 4.69) is 15.9 Å². The Bertz CT molecular complexity index is 488. The molecule has 2 N–H and O–H groups in total. The first-order valence-corrected chi connectivity index (χ1v) is 4.82. The fourth-order valence-electron chi connectivity index (χ4n) is 0.933. The van der Waals surface area contributed by atoms with Crippen molar-refractivity contribution in [1.29, 1.82) is 0 Å². The lowest BCUT2D eigenvalue weighted by molar-refractivity contribution is 0.624.